The van der Waals surface area contributed by atoms with E-state index in [4.69, 9.17) is 0 Å². The smallest absolute Gasteiger partial charge is 0.224 e. The van der Waals surface area contributed by atoms with E-state index in [1.807, 2.05) is 0 Å². The van der Waals surface area contributed by atoms with Crippen molar-refractivity contribution in [1.82, 2.24) is 4.31 Å². The zero-order valence-corrected chi connectivity index (χ0v) is 16.1. The van der Waals surface area contributed by atoms with E-state index in [1.165, 1.54) is 12.1 Å². The van der Waals surface area contributed by atoms with Crippen molar-refractivity contribution in [1.29, 1.82) is 0 Å². The van der Waals surface area contributed by atoms with Gasteiger partial charge in [-0.3, -0.25) is 0 Å². The van der Waals surface area contributed by atoms with Crippen LogP contribution >= 0.6 is 0 Å². The lowest BCUT2D eigenvalue weighted by molar-refractivity contribution is 0.169. The molecule has 2 bridgehead atoms. The van der Waals surface area contributed by atoms with Crippen LogP contribution in [0.3, 0.4) is 0 Å². The highest BCUT2D eigenvalue weighted by molar-refractivity contribution is 7.91. The van der Waals surface area contributed by atoms with Gasteiger partial charge in [0.2, 0.25) is 10.0 Å². The first-order valence-electron chi connectivity index (χ1n) is 8.67. The summed E-state index contributed by atoms with van der Waals surface area (Å²) in [5, 5.41) is 0. The number of allylic oxidation sites excluding steroid dienone is 2. The number of benzene rings is 1. The average molecular weight is 382 g/mol. The van der Waals surface area contributed by atoms with Gasteiger partial charge < -0.3 is 0 Å². The van der Waals surface area contributed by atoms with Gasteiger partial charge in [0.05, 0.1) is 9.79 Å². The van der Waals surface area contributed by atoms with Gasteiger partial charge in [-0.15, -0.1) is 0 Å². The minimum atomic E-state index is -3.69. The van der Waals surface area contributed by atoms with Crippen molar-refractivity contribution in [2.24, 2.45) is 23.7 Å². The van der Waals surface area contributed by atoms with E-state index in [2.05, 4.69) is 12.2 Å². The fourth-order valence-electron chi connectivity index (χ4n) is 4.72. The molecule has 5 rings (SSSR count). The summed E-state index contributed by atoms with van der Waals surface area (Å²) in [5.74, 6) is 1.77. The average Bonchev–Trinajstić information content (AvgIpc) is 3.03. The molecule has 7 heteroatoms. The highest BCUT2D eigenvalue weighted by Gasteiger charge is 2.49. The zero-order valence-electron chi connectivity index (χ0n) is 14.4. The van der Waals surface area contributed by atoms with Crippen LogP contribution in [0.1, 0.15) is 18.4 Å². The summed E-state index contributed by atoms with van der Waals surface area (Å²) in [6.07, 6.45) is 7.93. The summed E-state index contributed by atoms with van der Waals surface area (Å²) < 4.78 is 51.7. The first kappa shape index (κ1) is 17.2. The molecule has 2 fully saturated rings. The lowest BCUT2D eigenvalue weighted by Gasteiger charge is -2.40. The third-order valence-electron chi connectivity index (χ3n) is 6.12. The number of hydrogen-bond donors (Lipinski definition) is 0. The van der Waals surface area contributed by atoms with Gasteiger partial charge in [0, 0.05) is 19.3 Å². The Kier molecular flexibility index (Phi) is 3.90. The maximum atomic E-state index is 13.2. The van der Waals surface area contributed by atoms with Gasteiger partial charge in [-0.1, -0.05) is 18.2 Å². The molecule has 1 saturated heterocycles. The minimum absolute atomic E-state index is 0.0509. The molecule has 4 atom stereocenters. The highest BCUT2D eigenvalue weighted by Crippen LogP contribution is 2.49. The van der Waals surface area contributed by atoms with Crippen LogP contribution in [0.15, 0.2) is 40.1 Å². The lowest BCUT2D eigenvalue weighted by atomic mass is 9.64. The molecular formula is C18H23NO4S2. The predicted molar refractivity (Wildman–Crippen MR) is 95.4 cm³/mol. The van der Waals surface area contributed by atoms with E-state index in [9.17, 15) is 16.8 Å². The molecule has 1 aromatic rings. The number of fused-ring (bicyclic) bond motifs is 1. The number of aryl methyl sites for hydroxylation is 1. The molecule has 0 amide bonds. The molecule has 0 aromatic heterocycles. The first-order valence-corrected chi connectivity index (χ1v) is 12.0. The van der Waals surface area contributed by atoms with E-state index in [0.29, 0.717) is 42.3 Å². The Bertz CT molecular complexity index is 927. The topological polar surface area (TPSA) is 71.5 Å². The monoisotopic (exact) mass is 381 g/mol. The molecule has 0 N–H and O–H groups in total. The predicted octanol–water partition coefficient (Wildman–Crippen LogP) is 2.23. The first-order chi connectivity index (χ1) is 11.7. The van der Waals surface area contributed by atoms with E-state index in [-0.39, 0.29) is 9.79 Å². The Balaban J connectivity index is 1.70. The van der Waals surface area contributed by atoms with Crippen molar-refractivity contribution in [3.8, 4) is 0 Å². The molecular weight excluding hydrogens is 358 g/mol. The van der Waals surface area contributed by atoms with Crippen LogP contribution < -0.4 is 0 Å². The highest BCUT2D eigenvalue weighted by atomic mass is 32.2. The van der Waals surface area contributed by atoms with E-state index >= 15 is 0 Å². The molecule has 5 nitrogen and oxygen atoms in total. The molecule has 1 heterocycles. The van der Waals surface area contributed by atoms with Crippen LogP contribution in [0.2, 0.25) is 0 Å². The Morgan fingerprint density at radius 1 is 0.960 bits per heavy atom. The van der Waals surface area contributed by atoms with Crippen LogP contribution in [-0.4, -0.2) is 40.5 Å². The summed E-state index contributed by atoms with van der Waals surface area (Å²) in [7, 11) is -7.14. The van der Waals surface area contributed by atoms with Gasteiger partial charge in [0.25, 0.3) is 0 Å². The maximum absolute atomic E-state index is 13.2. The van der Waals surface area contributed by atoms with Crippen LogP contribution in [-0.2, 0) is 19.9 Å². The van der Waals surface area contributed by atoms with Crippen molar-refractivity contribution >= 4 is 19.9 Å². The Morgan fingerprint density at radius 3 is 2.00 bits per heavy atom. The maximum Gasteiger partial charge on any atom is 0.243 e. The quantitative estimate of drug-likeness (QED) is 0.753. The number of rotatable bonds is 3. The van der Waals surface area contributed by atoms with Crippen LogP contribution in [0.25, 0.3) is 0 Å². The van der Waals surface area contributed by atoms with E-state index < -0.39 is 19.9 Å². The van der Waals surface area contributed by atoms with Crippen molar-refractivity contribution in [3.63, 3.8) is 0 Å². The largest absolute Gasteiger partial charge is 0.243 e. The molecule has 0 spiro atoms. The second-order valence-corrected chi connectivity index (χ2v) is 11.6. The second kappa shape index (κ2) is 5.66. The van der Waals surface area contributed by atoms with Crippen LogP contribution in [0.4, 0.5) is 0 Å². The molecule has 1 aliphatic heterocycles. The SMILES string of the molecule is Cc1ccc(S(C)(=O)=O)cc1S(=O)(=O)N1CC2C3C=CC(CC3)C2C1. The summed E-state index contributed by atoms with van der Waals surface area (Å²) >= 11 is 0. The van der Waals surface area contributed by atoms with Crippen molar-refractivity contribution in [3.05, 3.63) is 35.9 Å². The number of sulfone groups is 1. The molecule has 4 unspecified atom stereocenters. The van der Waals surface area contributed by atoms with E-state index in [1.54, 1.807) is 17.3 Å². The fraction of sp³-hybridized carbons (Fsp3) is 0.556. The van der Waals surface area contributed by atoms with Crippen LogP contribution in [0.5, 0.6) is 0 Å². The van der Waals surface area contributed by atoms with Gasteiger partial charge >= 0.3 is 0 Å². The summed E-state index contributed by atoms with van der Waals surface area (Å²) in [6.45, 7) is 2.80. The molecule has 3 aliphatic carbocycles. The lowest BCUT2D eigenvalue weighted by Crippen LogP contribution is -2.35. The third-order valence-corrected chi connectivity index (χ3v) is 9.21. The van der Waals surface area contributed by atoms with Crippen molar-refractivity contribution in [2.75, 3.05) is 19.3 Å². The van der Waals surface area contributed by atoms with Crippen molar-refractivity contribution in [2.45, 2.75) is 29.6 Å². The zero-order chi connectivity index (χ0) is 18.0. The van der Waals surface area contributed by atoms with Gasteiger partial charge in [0.15, 0.2) is 9.84 Å². The number of hydrogen-bond acceptors (Lipinski definition) is 4. The summed E-state index contributed by atoms with van der Waals surface area (Å²) in [5.41, 5.74) is 0.586. The van der Waals surface area contributed by atoms with Gasteiger partial charge in [-0.2, -0.15) is 4.31 Å². The Morgan fingerprint density at radius 2 is 1.52 bits per heavy atom. The molecule has 4 aliphatic rings. The summed E-state index contributed by atoms with van der Waals surface area (Å²) in [6, 6.07) is 4.37. The third kappa shape index (κ3) is 2.76. The summed E-state index contributed by atoms with van der Waals surface area (Å²) in [4.78, 5) is 0.171. The molecule has 1 saturated carbocycles. The Labute approximate surface area is 149 Å². The van der Waals surface area contributed by atoms with Gasteiger partial charge in [-0.05, 0) is 61.1 Å². The second-order valence-electron chi connectivity index (χ2n) is 7.64. The number of sulfonamides is 1. The fourth-order valence-corrected chi connectivity index (χ4v) is 7.21. The van der Waals surface area contributed by atoms with E-state index in [0.717, 1.165) is 19.1 Å². The van der Waals surface area contributed by atoms with Gasteiger partial charge in [-0.25, -0.2) is 16.8 Å². The normalized spacial score (nSPS) is 32.1. The number of nitrogens with zero attached hydrogens (tertiary/aromatic N) is 1. The molecule has 0 radical (unpaired) electrons. The Hall–Kier alpha value is -1.18. The van der Waals surface area contributed by atoms with Crippen LogP contribution in [0, 0.1) is 30.6 Å². The molecule has 25 heavy (non-hydrogen) atoms. The molecule has 136 valence electrons. The minimum Gasteiger partial charge on any atom is -0.224 e. The standard InChI is InChI=1S/C18H23NO4S2/c1-12-3-8-15(24(2,20)21)9-18(12)25(22,23)19-10-16-13-4-5-14(7-6-13)17(16)11-19/h3-5,8-9,13-14,16-17H,6-7,10-11H2,1-2H3. The van der Waals surface area contributed by atoms with Gasteiger partial charge in [0.1, 0.15) is 0 Å². The molecule has 1 aromatic carbocycles. The van der Waals surface area contributed by atoms with Crippen molar-refractivity contribution < 1.29 is 16.8 Å².